The topological polar surface area (TPSA) is 43.4 Å². The monoisotopic (exact) mass is 296 g/mol. The molecular formula is C15H24N2O2S. The predicted octanol–water partition coefficient (Wildman–Crippen LogP) is 2.91. The summed E-state index contributed by atoms with van der Waals surface area (Å²) < 4.78 is 11.6. The van der Waals surface area contributed by atoms with E-state index in [1.54, 1.807) is 11.3 Å². The van der Waals surface area contributed by atoms with Gasteiger partial charge in [0.1, 0.15) is 5.01 Å². The second-order valence-electron chi connectivity index (χ2n) is 5.83. The van der Waals surface area contributed by atoms with Crippen molar-refractivity contribution in [3.63, 3.8) is 0 Å². The second-order valence-corrected chi connectivity index (χ2v) is 6.76. The Bertz CT molecular complexity index is 399. The van der Waals surface area contributed by atoms with E-state index in [0.29, 0.717) is 12.1 Å². The zero-order valence-corrected chi connectivity index (χ0v) is 13.0. The van der Waals surface area contributed by atoms with Crippen molar-refractivity contribution in [2.45, 2.75) is 56.7 Å². The number of hydrogen-bond acceptors (Lipinski definition) is 5. The maximum Gasteiger partial charge on any atom is 0.109 e. The second kappa shape index (κ2) is 6.52. The minimum Gasteiger partial charge on any atom is -0.381 e. The Balaban J connectivity index is 1.62. The third-order valence-electron chi connectivity index (χ3n) is 4.49. The van der Waals surface area contributed by atoms with E-state index in [0.717, 1.165) is 51.9 Å². The van der Waals surface area contributed by atoms with Crippen LogP contribution in [0, 0.1) is 0 Å². The van der Waals surface area contributed by atoms with Crippen LogP contribution in [-0.2, 0) is 9.47 Å². The highest BCUT2D eigenvalue weighted by atomic mass is 32.1. The third-order valence-corrected chi connectivity index (χ3v) is 5.38. The van der Waals surface area contributed by atoms with Crippen molar-refractivity contribution < 1.29 is 9.47 Å². The molecule has 5 heteroatoms. The molecule has 2 fully saturated rings. The lowest BCUT2D eigenvalue weighted by Crippen LogP contribution is -2.50. The van der Waals surface area contributed by atoms with Gasteiger partial charge in [-0.1, -0.05) is 6.92 Å². The molecule has 1 aromatic rings. The van der Waals surface area contributed by atoms with Crippen molar-refractivity contribution >= 4 is 11.3 Å². The average Bonchev–Trinajstić information content (AvgIpc) is 3.00. The number of nitrogens with one attached hydrogen (secondary N) is 1. The molecule has 20 heavy (non-hydrogen) atoms. The number of aromatic nitrogens is 1. The van der Waals surface area contributed by atoms with Crippen molar-refractivity contribution in [1.82, 2.24) is 10.3 Å². The highest BCUT2D eigenvalue weighted by Gasteiger charge is 2.39. The molecule has 2 aliphatic heterocycles. The summed E-state index contributed by atoms with van der Waals surface area (Å²) in [5.74, 6) is 0. The van der Waals surface area contributed by atoms with E-state index in [-0.39, 0.29) is 5.60 Å². The van der Waals surface area contributed by atoms with E-state index in [9.17, 15) is 0 Å². The Kier molecular flexibility index (Phi) is 4.71. The first-order valence-electron chi connectivity index (χ1n) is 7.68. The fourth-order valence-electron chi connectivity index (χ4n) is 3.32. The number of hydrogen-bond donors (Lipinski definition) is 1. The van der Waals surface area contributed by atoms with E-state index in [4.69, 9.17) is 9.47 Å². The van der Waals surface area contributed by atoms with E-state index < -0.39 is 0 Å². The SMILES string of the molecule is CCC(NC1CCOC2(CCOCC2)C1)c1nccs1. The van der Waals surface area contributed by atoms with Crippen molar-refractivity contribution in [3.8, 4) is 0 Å². The lowest BCUT2D eigenvalue weighted by molar-refractivity contribution is -0.141. The average molecular weight is 296 g/mol. The van der Waals surface area contributed by atoms with E-state index in [2.05, 4.69) is 22.6 Å². The van der Waals surface area contributed by atoms with Crippen LogP contribution >= 0.6 is 11.3 Å². The molecule has 3 rings (SSSR count). The summed E-state index contributed by atoms with van der Waals surface area (Å²) in [6, 6.07) is 0.922. The number of thiazole rings is 1. The van der Waals surface area contributed by atoms with E-state index >= 15 is 0 Å². The van der Waals surface area contributed by atoms with Gasteiger partial charge in [0.15, 0.2) is 0 Å². The molecule has 1 aromatic heterocycles. The molecule has 1 spiro atoms. The molecule has 0 bridgehead atoms. The fraction of sp³-hybridized carbons (Fsp3) is 0.800. The summed E-state index contributed by atoms with van der Waals surface area (Å²) in [5, 5.41) is 7.07. The first-order chi connectivity index (χ1) is 9.81. The molecule has 112 valence electrons. The van der Waals surface area contributed by atoms with Crippen LogP contribution in [-0.4, -0.2) is 36.4 Å². The van der Waals surface area contributed by atoms with Crippen LogP contribution < -0.4 is 5.32 Å². The van der Waals surface area contributed by atoms with Gasteiger partial charge in [0.25, 0.3) is 0 Å². The highest BCUT2D eigenvalue weighted by Crippen LogP contribution is 2.35. The maximum atomic E-state index is 6.11. The molecular weight excluding hydrogens is 272 g/mol. The minimum absolute atomic E-state index is 0.0648. The van der Waals surface area contributed by atoms with Crippen LogP contribution in [0.15, 0.2) is 11.6 Å². The molecule has 2 aliphatic rings. The Morgan fingerprint density at radius 3 is 3.00 bits per heavy atom. The summed E-state index contributed by atoms with van der Waals surface area (Å²) in [6.07, 6.45) is 7.27. The van der Waals surface area contributed by atoms with Crippen LogP contribution in [0.4, 0.5) is 0 Å². The summed E-state index contributed by atoms with van der Waals surface area (Å²) in [5.41, 5.74) is 0.0648. The van der Waals surface area contributed by atoms with Crippen molar-refractivity contribution in [2.75, 3.05) is 19.8 Å². The predicted molar refractivity (Wildman–Crippen MR) is 80.0 cm³/mol. The Labute approximate surface area is 124 Å². The maximum absolute atomic E-state index is 6.11. The normalized spacial score (nSPS) is 27.6. The van der Waals surface area contributed by atoms with Crippen LogP contribution in [0.5, 0.6) is 0 Å². The van der Waals surface area contributed by atoms with E-state index in [1.165, 1.54) is 5.01 Å². The molecule has 1 N–H and O–H groups in total. The van der Waals surface area contributed by atoms with Crippen molar-refractivity contribution in [3.05, 3.63) is 16.6 Å². The Morgan fingerprint density at radius 1 is 1.45 bits per heavy atom. The lowest BCUT2D eigenvalue weighted by Gasteiger charge is -2.44. The zero-order chi connectivity index (χ0) is 13.8. The van der Waals surface area contributed by atoms with Gasteiger partial charge in [-0.3, -0.25) is 0 Å². The van der Waals surface area contributed by atoms with Gasteiger partial charge in [0.05, 0.1) is 11.6 Å². The van der Waals surface area contributed by atoms with Crippen molar-refractivity contribution in [2.24, 2.45) is 0 Å². The molecule has 0 aliphatic carbocycles. The standard InChI is InChI=1S/C15H24N2O2S/c1-2-13(14-16-6-10-20-14)17-12-3-7-19-15(11-12)4-8-18-9-5-15/h6,10,12-13,17H,2-5,7-9,11H2,1H3. The molecule has 0 radical (unpaired) electrons. The van der Waals surface area contributed by atoms with Crippen LogP contribution in [0.1, 0.15) is 50.1 Å². The minimum atomic E-state index is 0.0648. The van der Waals surface area contributed by atoms with Gasteiger partial charge >= 0.3 is 0 Å². The van der Waals surface area contributed by atoms with Crippen LogP contribution in [0.2, 0.25) is 0 Å². The van der Waals surface area contributed by atoms with Crippen LogP contribution in [0.25, 0.3) is 0 Å². The lowest BCUT2D eigenvalue weighted by atomic mass is 9.84. The van der Waals surface area contributed by atoms with Gasteiger partial charge in [-0.25, -0.2) is 4.98 Å². The van der Waals surface area contributed by atoms with Crippen molar-refractivity contribution in [1.29, 1.82) is 0 Å². The van der Waals surface area contributed by atoms with Gasteiger partial charge in [0, 0.05) is 37.4 Å². The summed E-state index contributed by atoms with van der Waals surface area (Å²) >= 11 is 1.75. The zero-order valence-electron chi connectivity index (χ0n) is 12.1. The number of nitrogens with zero attached hydrogens (tertiary/aromatic N) is 1. The number of ether oxygens (including phenoxy) is 2. The summed E-state index contributed by atoms with van der Waals surface area (Å²) in [7, 11) is 0. The van der Waals surface area contributed by atoms with E-state index in [1.807, 2.05) is 6.20 Å². The molecule has 0 saturated carbocycles. The molecule has 2 atom stereocenters. The summed E-state index contributed by atoms with van der Waals surface area (Å²) in [4.78, 5) is 4.46. The smallest absolute Gasteiger partial charge is 0.109 e. The Hall–Kier alpha value is -0.490. The van der Waals surface area contributed by atoms with Gasteiger partial charge < -0.3 is 14.8 Å². The Morgan fingerprint density at radius 2 is 2.30 bits per heavy atom. The van der Waals surface area contributed by atoms with Gasteiger partial charge in [-0.2, -0.15) is 0 Å². The fourth-order valence-corrected chi connectivity index (χ4v) is 4.10. The molecule has 0 amide bonds. The number of rotatable bonds is 4. The first kappa shape index (κ1) is 14.4. The quantitative estimate of drug-likeness (QED) is 0.928. The van der Waals surface area contributed by atoms with Gasteiger partial charge in [-0.05, 0) is 32.1 Å². The molecule has 4 nitrogen and oxygen atoms in total. The largest absolute Gasteiger partial charge is 0.381 e. The molecule has 2 saturated heterocycles. The van der Waals surface area contributed by atoms with Crippen LogP contribution in [0.3, 0.4) is 0 Å². The highest BCUT2D eigenvalue weighted by molar-refractivity contribution is 7.09. The first-order valence-corrected chi connectivity index (χ1v) is 8.56. The molecule has 0 aromatic carbocycles. The van der Waals surface area contributed by atoms with Gasteiger partial charge in [0.2, 0.25) is 0 Å². The van der Waals surface area contributed by atoms with Gasteiger partial charge in [-0.15, -0.1) is 11.3 Å². The molecule has 2 unspecified atom stereocenters. The third kappa shape index (κ3) is 3.22. The molecule has 3 heterocycles. The summed E-state index contributed by atoms with van der Waals surface area (Å²) in [6.45, 7) is 4.78.